The molecule has 2 rings (SSSR count). The maximum atomic E-state index is 13.6. The van der Waals surface area contributed by atoms with Crippen LogP contribution in [0.4, 0.5) is 14.7 Å². The fourth-order valence-corrected chi connectivity index (χ4v) is 9.70. The minimum Gasteiger partial charge on any atom is -0.464 e. The van der Waals surface area contributed by atoms with E-state index >= 15 is 0 Å². The summed E-state index contributed by atoms with van der Waals surface area (Å²) in [5.74, 6) is 0.212. The number of piperidine rings is 1. The van der Waals surface area contributed by atoms with E-state index in [1.165, 1.54) is 13.2 Å². The third-order valence-electron chi connectivity index (χ3n) is 6.16. The molecule has 5 nitrogen and oxygen atoms in total. The molecule has 0 aromatic carbocycles. The molecule has 1 aromatic heterocycles. The Morgan fingerprint density at radius 2 is 1.63 bits per heavy atom. The third-order valence-corrected chi connectivity index (χ3v) is 12.4. The fourth-order valence-electron chi connectivity index (χ4n) is 4.49. The van der Waals surface area contributed by atoms with Crippen molar-refractivity contribution in [1.29, 1.82) is 0 Å². The predicted octanol–water partition coefficient (Wildman–Crippen LogP) is 5.07. The standard InChI is InChI=1S/C22H33F2N3O2Si/c1-15(2)30(16(3)4,17(5)6)13-8-18-14-19(20(28)29-7)26-21(25-18)27-11-9-22(23,24)10-12-27/h14-17H,9-12H2,1-7H3. The monoisotopic (exact) mass is 437 g/mol. The second-order valence-electron chi connectivity index (χ2n) is 8.92. The van der Waals surface area contributed by atoms with Gasteiger partial charge in [-0.15, -0.1) is 5.54 Å². The van der Waals surface area contributed by atoms with Gasteiger partial charge >= 0.3 is 5.97 Å². The van der Waals surface area contributed by atoms with E-state index < -0.39 is 20.0 Å². The summed E-state index contributed by atoms with van der Waals surface area (Å²) in [6, 6.07) is 1.53. The minimum absolute atomic E-state index is 0.0926. The molecular weight excluding hydrogens is 404 g/mol. The first-order valence-electron chi connectivity index (χ1n) is 10.6. The number of nitrogens with zero attached hydrogens (tertiary/aromatic N) is 3. The number of alkyl halides is 2. The molecule has 166 valence electrons. The molecule has 0 amide bonds. The summed E-state index contributed by atoms with van der Waals surface area (Å²) in [6.07, 6.45) is -0.520. The van der Waals surface area contributed by atoms with Gasteiger partial charge < -0.3 is 9.64 Å². The van der Waals surface area contributed by atoms with Crippen molar-refractivity contribution in [3.8, 4) is 11.5 Å². The number of ether oxygens (including phenoxy) is 1. The van der Waals surface area contributed by atoms with Gasteiger partial charge in [0.1, 0.15) is 13.8 Å². The van der Waals surface area contributed by atoms with Gasteiger partial charge in [-0.25, -0.2) is 23.5 Å². The molecule has 0 radical (unpaired) electrons. The average molecular weight is 438 g/mol. The number of carbonyl (C=O) groups excluding carboxylic acids is 1. The molecule has 0 aliphatic carbocycles. The first-order chi connectivity index (χ1) is 13.9. The lowest BCUT2D eigenvalue weighted by molar-refractivity contribution is -0.0222. The van der Waals surface area contributed by atoms with E-state index in [9.17, 15) is 13.6 Å². The Hall–Kier alpha value is -2.01. The Morgan fingerprint density at radius 3 is 2.10 bits per heavy atom. The molecule has 30 heavy (non-hydrogen) atoms. The quantitative estimate of drug-likeness (QED) is 0.366. The second kappa shape index (κ2) is 9.42. The van der Waals surface area contributed by atoms with Gasteiger partial charge in [0.2, 0.25) is 5.95 Å². The molecule has 2 heterocycles. The summed E-state index contributed by atoms with van der Waals surface area (Å²) >= 11 is 0. The van der Waals surface area contributed by atoms with Crippen LogP contribution >= 0.6 is 0 Å². The molecule has 0 bridgehead atoms. The zero-order valence-electron chi connectivity index (χ0n) is 19.1. The SMILES string of the molecule is COC(=O)c1cc(C#C[Si](C(C)C)(C(C)C)C(C)C)nc(N2CCC(F)(F)CC2)n1. The van der Waals surface area contributed by atoms with Gasteiger partial charge in [-0.05, 0) is 16.6 Å². The highest BCUT2D eigenvalue weighted by molar-refractivity contribution is 6.90. The van der Waals surface area contributed by atoms with Crippen LogP contribution in [0.5, 0.6) is 0 Å². The Labute approximate surface area is 179 Å². The lowest BCUT2D eigenvalue weighted by Crippen LogP contribution is -2.43. The lowest BCUT2D eigenvalue weighted by Gasteiger charge is -2.38. The van der Waals surface area contributed by atoms with E-state index in [0.717, 1.165) is 0 Å². The molecule has 0 unspecified atom stereocenters. The van der Waals surface area contributed by atoms with Crippen LogP contribution in [0, 0.1) is 11.5 Å². The minimum atomic E-state index is -2.67. The highest BCUT2D eigenvalue weighted by Crippen LogP contribution is 2.40. The molecule has 0 N–H and O–H groups in total. The molecule has 1 fully saturated rings. The van der Waals surface area contributed by atoms with Crippen LogP contribution in [0.2, 0.25) is 16.6 Å². The van der Waals surface area contributed by atoms with Crippen LogP contribution in [0.1, 0.15) is 70.6 Å². The normalized spacial score (nSPS) is 16.6. The number of methoxy groups -OCH3 is 1. The van der Waals surface area contributed by atoms with Gasteiger partial charge in [0, 0.05) is 32.0 Å². The highest BCUT2D eigenvalue weighted by Gasteiger charge is 2.41. The maximum Gasteiger partial charge on any atom is 0.356 e. The van der Waals surface area contributed by atoms with Crippen molar-refractivity contribution in [2.45, 2.75) is 76.9 Å². The Kier molecular flexibility index (Phi) is 7.62. The lowest BCUT2D eigenvalue weighted by atomic mass is 10.1. The molecule has 8 heteroatoms. The fraction of sp³-hybridized carbons (Fsp3) is 0.682. The number of esters is 1. The van der Waals surface area contributed by atoms with Crippen molar-refractivity contribution in [3.05, 3.63) is 17.5 Å². The third kappa shape index (κ3) is 5.18. The van der Waals surface area contributed by atoms with Crippen molar-refractivity contribution in [3.63, 3.8) is 0 Å². The maximum absolute atomic E-state index is 13.6. The van der Waals surface area contributed by atoms with Crippen LogP contribution in [0.15, 0.2) is 6.07 Å². The van der Waals surface area contributed by atoms with Gasteiger partial charge in [-0.1, -0.05) is 47.5 Å². The summed E-state index contributed by atoms with van der Waals surface area (Å²) in [5, 5.41) is 0. The number of rotatable bonds is 5. The number of hydrogen-bond donors (Lipinski definition) is 0. The molecule has 1 saturated heterocycles. The topological polar surface area (TPSA) is 55.3 Å². The van der Waals surface area contributed by atoms with Crippen LogP contribution in [-0.4, -0.2) is 50.1 Å². The van der Waals surface area contributed by atoms with Crippen LogP contribution in [0.3, 0.4) is 0 Å². The van der Waals surface area contributed by atoms with Crippen LogP contribution in [-0.2, 0) is 4.74 Å². The van der Waals surface area contributed by atoms with E-state index in [2.05, 4.69) is 63.0 Å². The summed E-state index contributed by atoms with van der Waals surface area (Å²) in [5.41, 5.74) is 5.47. The van der Waals surface area contributed by atoms with Crippen LogP contribution < -0.4 is 4.90 Å². The van der Waals surface area contributed by atoms with E-state index in [0.29, 0.717) is 22.3 Å². The van der Waals surface area contributed by atoms with Crippen molar-refractivity contribution in [2.24, 2.45) is 0 Å². The largest absolute Gasteiger partial charge is 0.464 e. The molecule has 0 atom stereocenters. The number of halogens is 2. The molecule has 1 aliphatic heterocycles. The zero-order chi connectivity index (χ0) is 22.7. The Morgan fingerprint density at radius 1 is 1.10 bits per heavy atom. The first kappa shape index (κ1) is 24.3. The smallest absolute Gasteiger partial charge is 0.356 e. The van der Waals surface area contributed by atoms with Crippen LogP contribution in [0.25, 0.3) is 0 Å². The second-order valence-corrected chi connectivity index (χ2v) is 14.5. The van der Waals surface area contributed by atoms with E-state index in [1.807, 2.05) is 0 Å². The van der Waals surface area contributed by atoms with Gasteiger partial charge in [-0.3, -0.25) is 0 Å². The van der Waals surface area contributed by atoms with E-state index in [4.69, 9.17) is 4.74 Å². The summed E-state index contributed by atoms with van der Waals surface area (Å²) in [6.45, 7) is 13.6. The van der Waals surface area contributed by atoms with Crippen molar-refractivity contribution in [1.82, 2.24) is 9.97 Å². The summed E-state index contributed by atoms with van der Waals surface area (Å²) in [4.78, 5) is 22.6. The molecular formula is C22H33F2N3O2Si. The predicted molar refractivity (Wildman–Crippen MR) is 118 cm³/mol. The van der Waals surface area contributed by atoms with Gasteiger partial charge in [-0.2, -0.15) is 0 Å². The molecule has 1 aliphatic rings. The number of anilines is 1. The van der Waals surface area contributed by atoms with Gasteiger partial charge in [0.25, 0.3) is 5.92 Å². The highest BCUT2D eigenvalue weighted by atomic mass is 28.3. The average Bonchev–Trinajstić information content (AvgIpc) is 2.66. The van der Waals surface area contributed by atoms with Gasteiger partial charge in [0.15, 0.2) is 5.69 Å². The van der Waals surface area contributed by atoms with Crippen molar-refractivity contribution >= 4 is 20.0 Å². The first-order valence-corrected chi connectivity index (χ1v) is 12.8. The summed E-state index contributed by atoms with van der Waals surface area (Å²) < 4.78 is 31.9. The van der Waals surface area contributed by atoms with E-state index in [1.54, 1.807) is 4.90 Å². The van der Waals surface area contributed by atoms with Crippen molar-refractivity contribution < 1.29 is 18.3 Å². The van der Waals surface area contributed by atoms with E-state index in [-0.39, 0.29) is 37.6 Å². The Bertz CT molecular complexity index is 800. The summed E-state index contributed by atoms with van der Waals surface area (Å²) in [7, 11) is -0.707. The number of carbonyl (C=O) groups is 1. The Balaban J connectivity index is 2.50. The molecule has 0 spiro atoms. The zero-order valence-corrected chi connectivity index (χ0v) is 20.1. The van der Waals surface area contributed by atoms with Gasteiger partial charge in [0.05, 0.1) is 7.11 Å². The molecule has 1 aromatic rings. The number of aromatic nitrogens is 2. The van der Waals surface area contributed by atoms with Crippen molar-refractivity contribution in [2.75, 3.05) is 25.1 Å². The molecule has 0 saturated carbocycles. The number of hydrogen-bond acceptors (Lipinski definition) is 5.